The Bertz CT molecular complexity index is 596. The second-order valence-corrected chi connectivity index (χ2v) is 6.82. The van der Waals surface area contributed by atoms with Crippen molar-refractivity contribution in [2.75, 3.05) is 19.7 Å². The molecule has 1 rings (SSSR count). The van der Waals surface area contributed by atoms with Crippen molar-refractivity contribution < 1.29 is 17.9 Å². The fraction of sp³-hybridized carbons (Fsp3) is 0.533. The average molecular weight is 313 g/mol. The van der Waals surface area contributed by atoms with Crippen molar-refractivity contribution in [1.82, 2.24) is 4.31 Å². The first-order chi connectivity index (χ1) is 9.82. The molecule has 0 atom stereocenters. The van der Waals surface area contributed by atoms with Gasteiger partial charge in [0.25, 0.3) is 0 Å². The molecule has 118 valence electrons. The van der Waals surface area contributed by atoms with E-state index in [0.29, 0.717) is 12.0 Å². The maximum absolute atomic E-state index is 12.8. The molecule has 5 nitrogen and oxygen atoms in total. The molecular formula is C15H23NO4S. The van der Waals surface area contributed by atoms with Crippen molar-refractivity contribution >= 4 is 16.0 Å². The summed E-state index contributed by atoms with van der Waals surface area (Å²) in [5.74, 6) is -0.528. The summed E-state index contributed by atoms with van der Waals surface area (Å²) in [6, 6.07) is 5.28. The lowest BCUT2D eigenvalue weighted by Gasteiger charge is -2.22. The van der Waals surface area contributed by atoms with E-state index in [9.17, 15) is 13.2 Å². The molecule has 6 heteroatoms. The summed E-state index contributed by atoms with van der Waals surface area (Å²) in [6.07, 6.45) is 0.628. The van der Waals surface area contributed by atoms with E-state index in [0.717, 1.165) is 5.56 Å². The first kappa shape index (κ1) is 17.7. The zero-order valence-electron chi connectivity index (χ0n) is 13.0. The van der Waals surface area contributed by atoms with Crippen molar-refractivity contribution in [3.05, 3.63) is 29.3 Å². The number of carbonyl (C=O) groups is 1. The van der Waals surface area contributed by atoms with Crippen LogP contribution in [-0.2, 0) is 19.6 Å². The maximum atomic E-state index is 12.8. The van der Waals surface area contributed by atoms with Gasteiger partial charge < -0.3 is 4.74 Å². The number of benzene rings is 1. The molecule has 0 aliphatic carbocycles. The molecule has 0 saturated heterocycles. The van der Waals surface area contributed by atoms with Crippen LogP contribution in [0.15, 0.2) is 23.1 Å². The Kier molecular flexibility index (Phi) is 6.36. The highest BCUT2D eigenvalue weighted by Gasteiger charge is 2.27. The van der Waals surface area contributed by atoms with Gasteiger partial charge in [0.1, 0.15) is 6.54 Å². The van der Waals surface area contributed by atoms with Gasteiger partial charge in [-0.25, -0.2) is 8.42 Å². The summed E-state index contributed by atoms with van der Waals surface area (Å²) in [4.78, 5) is 11.9. The maximum Gasteiger partial charge on any atom is 0.321 e. The van der Waals surface area contributed by atoms with Crippen LogP contribution in [-0.4, -0.2) is 38.4 Å². The predicted molar refractivity (Wildman–Crippen MR) is 81.6 cm³/mol. The van der Waals surface area contributed by atoms with E-state index >= 15 is 0 Å². The highest BCUT2D eigenvalue weighted by molar-refractivity contribution is 7.89. The lowest BCUT2D eigenvalue weighted by molar-refractivity contribution is -0.143. The van der Waals surface area contributed by atoms with E-state index in [2.05, 4.69) is 0 Å². The Labute approximate surface area is 127 Å². The highest BCUT2D eigenvalue weighted by atomic mass is 32.2. The summed E-state index contributed by atoms with van der Waals surface area (Å²) in [7, 11) is -3.70. The zero-order chi connectivity index (χ0) is 16.0. The monoisotopic (exact) mass is 313 g/mol. The number of hydrogen-bond donors (Lipinski definition) is 0. The first-order valence-corrected chi connectivity index (χ1v) is 8.50. The van der Waals surface area contributed by atoms with E-state index in [1.165, 1.54) is 4.31 Å². The van der Waals surface area contributed by atoms with E-state index < -0.39 is 16.0 Å². The molecule has 0 N–H and O–H groups in total. The summed E-state index contributed by atoms with van der Waals surface area (Å²) in [5.41, 5.74) is 1.54. The predicted octanol–water partition coefficient (Wildman–Crippen LogP) is 2.27. The standard InChI is InChI=1S/C15H23NO4S/c1-5-9-16(11-15(17)20-6-2)21(18,19)14-10-12(3)7-8-13(14)4/h7-8,10H,5-6,9,11H2,1-4H3. The molecule has 0 bridgehead atoms. The molecule has 0 unspecified atom stereocenters. The van der Waals surface area contributed by atoms with Crippen LogP contribution in [0.25, 0.3) is 0 Å². The molecule has 0 saturated carbocycles. The van der Waals surface area contributed by atoms with Gasteiger partial charge in [0, 0.05) is 6.54 Å². The van der Waals surface area contributed by atoms with Crippen LogP contribution in [0.4, 0.5) is 0 Å². The number of carbonyl (C=O) groups excluding carboxylic acids is 1. The van der Waals surface area contributed by atoms with Gasteiger partial charge in [-0.1, -0.05) is 19.1 Å². The zero-order valence-corrected chi connectivity index (χ0v) is 13.9. The van der Waals surface area contributed by atoms with Gasteiger partial charge in [-0.3, -0.25) is 4.79 Å². The largest absolute Gasteiger partial charge is 0.465 e. The molecule has 1 aromatic carbocycles. The summed E-state index contributed by atoms with van der Waals surface area (Å²) >= 11 is 0. The van der Waals surface area contributed by atoms with Gasteiger partial charge in [-0.15, -0.1) is 0 Å². The van der Waals surface area contributed by atoms with Crippen LogP contribution < -0.4 is 0 Å². The van der Waals surface area contributed by atoms with Crippen LogP contribution in [0.3, 0.4) is 0 Å². The number of aryl methyl sites for hydroxylation is 2. The normalized spacial score (nSPS) is 11.7. The molecule has 0 heterocycles. The minimum atomic E-state index is -3.70. The minimum absolute atomic E-state index is 0.238. The van der Waals surface area contributed by atoms with E-state index in [1.807, 2.05) is 19.9 Å². The van der Waals surface area contributed by atoms with Crippen molar-refractivity contribution in [2.24, 2.45) is 0 Å². The van der Waals surface area contributed by atoms with Gasteiger partial charge >= 0.3 is 5.97 Å². The van der Waals surface area contributed by atoms with Gasteiger partial charge in [-0.2, -0.15) is 4.31 Å². The van der Waals surface area contributed by atoms with E-state index in [4.69, 9.17) is 4.74 Å². The summed E-state index contributed by atoms with van der Waals surface area (Å²) in [6.45, 7) is 7.43. The summed E-state index contributed by atoms with van der Waals surface area (Å²) in [5, 5.41) is 0. The Morgan fingerprint density at radius 3 is 2.48 bits per heavy atom. The van der Waals surface area contributed by atoms with Crippen LogP contribution in [0.1, 0.15) is 31.4 Å². The Balaban J connectivity index is 3.15. The fourth-order valence-electron chi connectivity index (χ4n) is 2.01. The lowest BCUT2D eigenvalue weighted by Crippen LogP contribution is -2.37. The molecule has 0 aliphatic rings. The van der Waals surface area contributed by atoms with Crippen LogP contribution >= 0.6 is 0 Å². The molecule has 0 radical (unpaired) electrons. The molecule has 1 aromatic rings. The molecule has 0 spiro atoms. The quantitative estimate of drug-likeness (QED) is 0.724. The third kappa shape index (κ3) is 4.54. The second kappa shape index (κ2) is 7.56. The first-order valence-electron chi connectivity index (χ1n) is 7.06. The van der Waals surface area contributed by atoms with Gasteiger partial charge in [0.2, 0.25) is 10.0 Å². The Morgan fingerprint density at radius 1 is 1.24 bits per heavy atom. The van der Waals surface area contributed by atoms with E-state index in [-0.39, 0.29) is 24.6 Å². The van der Waals surface area contributed by atoms with Crippen LogP contribution in [0, 0.1) is 13.8 Å². The molecular weight excluding hydrogens is 290 g/mol. The van der Waals surface area contributed by atoms with Gasteiger partial charge in [0.15, 0.2) is 0 Å². The Hall–Kier alpha value is -1.40. The highest BCUT2D eigenvalue weighted by Crippen LogP contribution is 2.21. The second-order valence-electron chi connectivity index (χ2n) is 4.91. The number of sulfonamides is 1. The average Bonchev–Trinajstić information content (AvgIpc) is 2.41. The SMILES string of the molecule is CCCN(CC(=O)OCC)S(=O)(=O)c1cc(C)ccc1C. The minimum Gasteiger partial charge on any atom is -0.465 e. The lowest BCUT2D eigenvalue weighted by atomic mass is 10.2. The summed E-state index contributed by atoms with van der Waals surface area (Å²) < 4.78 is 31.6. The van der Waals surface area contributed by atoms with Crippen molar-refractivity contribution in [2.45, 2.75) is 39.0 Å². The number of rotatable bonds is 7. The van der Waals surface area contributed by atoms with Crippen molar-refractivity contribution in [1.29, 1.82) is 0 Å². The Morgan fingerprint density at radius 2 is 1.90 bits per heavy atom. The number of ether oxygens (including phenoxy) is 1. The molecule has 0 fully saturated rings. The van der Waals surface area contributed by atoms with Crippen LogP contribution in [0.5, 0.6) is 0 Å². The molecule has 0 amide bonds. The molecule has 21 heavy (non-hydrogen) atoms. The number of hydrogen-bond acceptors (Lipinski definition) is 4. The third-order valence-corrected chi connectivity index (χ3v) is 5.03. The van der Waals surface area contributed by atoms with Crippen molar-refractivity contribution in [3.8, 4) is 0 Å². The van der Waals surface area contributed by atoms with Gasteiger partial charge in [-0.05, 0) is 44.4 Å². The number of esters is 1. The van der Waals surface area contributed by atoms with Crippen molar-refractivity contribution in [3.63, 3.8) is 0 Å². The van der Waals surface area contributed by atoms with E-state index in [1.54, 1.807) is 26.0 Å². The van der Waals surface area contributed by atoms with Gasteiger partial charge in [0.05, 0.1) is 11.5 Å². The van der Waals surface area contributed by atoms with Crippen LogP contribution in [0.2, 0.25) is 0 Å². The smallest absolute Gasteiger partial charge is 0.321 e. The molecule has 0 aromatic heterocycles. The topological polar surface area (TPSA) is 63.7 Å². The third-order valence-electron chi connectivity index (χ3n) is 3.05. The number of nitrogens with zero attached hydrogens (tertiary/aromatic N) is 1. The molecule has 0 aliphatic heterocycles. The fourth-order valence-corrected chi connectivity index (χ4v) is 3.79.